The lowest BCUT2D eigenvalue weighted by atomic mass is 10.1. The minimum absolute atomic E-state index is 0.129. The lowest BCUT2D eigenvalue weighted by Crippen LogP contribution is -2.15. The second kappa shape index (κ2) is 5.72. The van der Waals surface area contributed by atoms with Crippen LogP contribution in [0.5, 0.6) is 0 Å². The number of carbonyl (C=O) groups is 1. The van der Waals surface area contributed by atoms with Gasteiger partial charge in [-0.25, -0.2) is 4.39 Å². The van der Waals surface area contributed by atoms with Crippen LogP contribution in [0.4, 0.5) is 10.1 Å². The van der Waals surface area contributed by atoms with E-state index in [9.17, 15) is 9.18 Å². The number of nitrogens with one attached hydrogen (secondary N) is 1. The number of hydrogen-bond donors (Lipinski definition) is 2. The zero-order valence-corrected chi connectivity index (χ0v) is 10.6. The minimum Gasteiger partial charge on any atom is -0.389 e. The topological polar surface area (TPSA) is 55.1 Å². The maximum Gasteiger partial charge on any atom is 0.224 e. The summed E-state index contributed by atoms with van der Waals surface area (Å²) in [4.78, 5) is 11.6. The van der Waals surface area contributed by atoms with Gasteiger partial charge in [0.1, 0.15) is 10.8 Å². The third-order valence-corrected chi connectivity index (χ3v) is 2.36. The zero-order valence-electron chi connectivity index (χ0n) is 9.79. The van der Waals surface area contributed by atoms with E-state index in [2.05, 4.69) is 5.32 Å². The van der Waals surface area contributed by atoms with Crippen molar-refractivity contribution in [2.45, 2.75) is 20.3 Å². The number of benzene rings is 1. The molecule has 3 N–H and O–H groups in total. The first-order valence-electron chi connectivity index (χ1n) is 5.29. The molecule has 17 heavy (non-hydrogen) atoms. The van der Waals surface area contributed by atoms with E-state index in [1.54, 1.807) is 6.07 Å². The molecular weight excluding hydrogens is 239 g/mol. The van der Waals surface area contributed by atoms with Gasteiger partial charge in [0.15, 0.2) is 0 Å². The van der Waals surface area contributed by atoms with Gasteiger partial charge < -0.3 is 11.1 Å². The number of rotatable bonds is 4. The first-order chi connectivity index (χ1) is 7.90. The van der Waals surface area contributed by atoms with Crippen LogP contribution in [0.2, 0.25) is 0 Å². The van der Waals surface area contributed by atoms with E-state index in [1.807, 2.05) is 13.8 Å². The van der Waals surface area contributed by atoms with Crippen molar-refractivity contribution in [3.63, 3.8) is 0 Å². The van der Waals surface area contributed by atoms with Gasteiger partial charge in [-0.15, -0.1) is 0 Å². The van der Waals surface area contributed by atoms with Crippen molar-refractivity contribution in [1.82, 2.24) is 0 Å². The van der Waals surface area contributed by atoms with E-state index in [4.69, 9.17) is 18.0 Å². The highest BCUT2D eigenvalue weighted by atomic mass is 32.1. The van der Waals surface area contributed by atoms with Crippen molar-refractivity contribution in [3.05, 3.63) is 29.6 Å². The second-order valence-corrected chi connectivity index (χ2v) is 4.64. The first-order valence-corrected chi connectivity index (χ1v) is 5.70. The molecular formula is C12H15FN2OS. The van der Waals surface area contributed by atoms with Crippen molar-refractivity contribution in [2.75, 3.05) is 5.32 Å². The summed E-state index contributed by atoms with van der Waals surface area (Å²) in [6.07, 6.45) is 0.358. The van der Waals surface area contributed by atoms with E-state index in [0.717, 1.165) is 0 Å². The molecule has 0 atom stereocenters. The van der Waals surface area contributed by atoms with Crippen molar-refractivity contribution >= 4 is 28.8 Å². The summed E-state index contributed by atoms with van der Waals surface area (Å²) in [7, 11) is 0. The van der Waals surface area contributed by atoms with Crippen LogP contribution >= 0.6 is 12.2 Å². The van der Waals surface area contributed by atoms with Crippen LogP contribution in [0.15, 0.2) is 18.2 Å². The lowest BCUT2D eigenvalue weighted by Gasteiger charge is -2.09. The quantitative estimate of drug-likeness (QED) is 0.811. The minimum atomic E-state index is -0.535. The van der Waals surface area contributed by atoms with E-state index >= 15 is 0 Å². The molecule has 0 unspecified atom stereocenters. The van der Waals surface area contributed by atoms with E-state index < -0.39 is 5.82 Å². The van der Waals surface area contributed by atoms with Gasteiger partial charge in [0.2, 0.25) is 5.91 Å². The van der Waals surface area contributed by atoms with Gasteiger partial charge in [0, 0.05) is 12.0 Å². The average Bonchev–Trinajstić information content (AvgIpc) is 2.19. The van der Waals surface area contributed by atoms with Gasteiger partial charge in [-0.05, 0) is 24.1 Å². The van der Waals surface area contributed by atoms with Crippen LogP contribution in [0, 0.1) is 11.7 Å². The second-order valence-electron chi connectivity index (χ2n) is 4.21. The van der Waals surface area contributed by atoms with Crippen LogP contribution < -0.4 is 11.1 Å². The summed E-state index contributed by atoms with van der Waals surface area (Å²) >= 11 is 4.73. The van der Waals surface area contributed by atoms with Crippen molar-refractivity contribution in [2.24, 2.45) is 11.7 Å². The van der Waals surface area contributed by atoms with Gasteiger partial charge in [0.05, 0.1) is 5.69 Å². The fourth-order valence-electron chi connectivity index (χ4n) is 1.34. The normalized spacial score (nSPS) is 10.4. The molecule has 0 saturated heterocycles. The molecule has 1 amide bonds. The molecule has 0 fully saturated rings. The van der Waals surface area contributed by atoms with Gasteiger partial charge >= 0.3 is 0 Å². The number of thiocarbonyl (C=S) groups is 1. The Morgan fingerprint density at radius 2 is 2.18 bits per heavy atom. The van der Waals surface area contributed by atoms with Crippen LogP contribution in [-0.4, -0.2) is 10.9 Å². The largest absolute Gasteiger partial charge is 0.389 e. The Bertz CT molecular complexity index is 446. The summed E-state index contributed by atoms with van der Waals surface area (Å²) in [6.45, 7) is 3.85. The Kier molecular flexibility index (Phi) is 4.57. The fourth-order valence-corrected chi connectivity index (χ4v) is 1.47. The fraction of sp³-hybridized carbons (Fsp3) is 0.333. The molecule has 1 aromatic carbocycles. The number of amides is 1. The Balaban J connectivity index is 2.79. The molecule has 0 aliphatic carbocycles. The predicted octanol–water partition coefficient (Wildman–Crippen LogP) is 2.44. The van der Waals surface area contributed by atoms with Crippen LogP contribution in [0.1, 0.15) is 25.8 Å². The van der Waals surface area contributed by atoms with Crippen molar-refractivity contribution < 1.29 is 9.18 Å². The Morgan fingerprint density at radius 1 is 1.53 bits per heavy atom. The van der Waals surface area contributed by atoms with Gasteiger partial charge in [-0.3, -0.25) is 4.79 Å². The highest BCUT2D eigenvalue weighted by molar-refractivity contribution is 7.80. The molecule has 92 valence electrons. The third kappa shape index (κ3) is 4.11. The molecule has 1 aromatic rings. The number of halogens is 1. The Labute approximate surface area is 105 Å². The van der Waals surface area contributed by atoms with Gasteiger partial charge in [-0.1, -0.05) is 26.1 Å². The molecule has 0 aliphatic rings. The molecule has 0 saturated carbocycles. The van der Waals surface area contributed by atoms with Crippen molar-refractivity contribution in [1.29, 1.82) is 0 Å². The predicted molar refractivity (Wildman–Crippen MR) is 70.4 cm³/mol. The number of anilines is 1. The number of carbonyl (C=O) groups excluding carboxylic acids is 1. The van der Waals surface area contributed by atoms with E-state index in [1.165, 1.54) is 12.1 Å². The summed E-state index contributed by atoms with van der Waals surface area (Å²) < 4.78 is 13.6. The molecule has 0 radical (unpaired) electrons. The van der Waals surface area contributed by atoms with Gasteiger partial charge in [0.25, 0.3) is 0 Å². The van der Waals surface area contributed by atoms with E-state index in [0.29, 0.717) is 12.0 Å². The monoisotopic (exact) mass is 254 g/mol. The molecule has 0 bridgehead atoms. The standard InChI is InChI=1S/C12H15FN2OS/c1-7(2)5-11(16)15-10-4-3-8(12(14)17)6-9(10)13/h3-4,6-7H,5H2,1-2H3,(H2,14,17)(H,15,16). The SMILES string of the molecule is CC(C)CC(=O)Nc1ccc(C(N)=S)cc1F. The molecule has 0 aromatic heterocycles. The Hall–Kier alpha value is -1.49. The summed E-state index contributed by atoms with van der Waals surface area (Å²) in [5.41, 5.74) is 5.97. The van der Waals surface area contributed by atoms with Gasteiger partial charge in [-0.2, -0.15) is 0 Å². The maximum absolute atomic E-state index is 13.6. The molecule has 0 spiro atoms. The number of hydrogen-bond acceptors (Lipinski definition) is 2. The number of nitrogens with two attached hydrogens (primary N) is 1. The first kappa shape index (κ1) is 13.6. The molecule has 0 aliphatic heterocycles. The summed E-state index contributed by atoms with van der Waals surface area (Å²) in [5.74, 6) is -0.511. The third-order valence-electron chi connectivity index (χ3n) is 2.12. The lowest BCUT2D eigenvalue weighted by molar-refractivity contribution is -0.116. The average molecular weight is 254 g/mol. The Morgan fingerprint density at radius 3 is 2.65 bits per heavy atom. The maximum atomic E-state index is 13.6. The zero-order chi connectivity index (χ0) is 13.0. The molecule has 5 heteroatoms. The highest BCUT2D eigenvalue weighted by Gasteiger charge is 2.09. The van der Waals surface area contributed by atoms with Crippen LogP contribution in [0.25, 0.3) is 0 Å². The summed E-state index contributed by atoms with van der Waals surface area (Å²) in [6, 6.07) is 4.26. The molecule has 3 nitrogen and oxygen atoms in total. The van der Waals surface area contributed by atoms with E-state index in [-0.39, 0.29) is 22.5 Å². The molecule has 1 rings (SSSR count). The molecule has 0 heterocycles. The summed E-state index contributed by atoms with van der Waals surface area (Å²) in [5, 5.41) is 2.51. The van der Waals surface area contributed by atoms with Crippen LogP contribution in [0.3, 0.4) is 0 Å². The highest BCUT2D eigenvalue weighted by Crippen LogP contribution is 2.16. The van der Waals surface area contributed by atoms with Crippen molar-refractivity contribution in [3.8, 4) is 0 Å². The van der Waals surface area contributed by atoms with Crippen LogP contribution in [-0.2, 0) is 4.79 Å². The smallest absolute Gasteiger partial charge is 0.224 e.